The Balaban J connectivity index is 3.40. The van der Waals surface area contributed by atoms with Gasteiger partial charge < -0.3 is 10.1 Å². The second-order valence-electron chi connectivity index (χ2n) is 2.65. The highest BCUT2D eigenvalue weighted by molar-refractivity contribution is 7.99. The molecule has 0 aromatic rings. The lowest BCUT2D eigenvalue weighted by Crippen LogP contribution is -2.16. The number of ether oxygens (including phenoxy) is 1. The fraction of sp³-hybridized carbons (Fsp3) is 0.667. The topological polar surface area (TPSA) is 72.5 Å². The van der Waals surface area contributed by atoms with E-state index < -0.39 is 5.97 Å². The first kappa shape index (κ1) is 14.0. The quantitative estimate of drug-likeness (QED) is 0.262. The van der Waals surface area contributed by atoms with Crippen LogP contribution in [-0.2, 0) is 19.1 Å². The highest BCUT2D eigenvalue weighted by atomic mass is 32.2. The van der Waals surface area contributed by atoms with Crippen molar-refractivity contribution in [2.24, 2.45) is 0 Å². The van der Waals surface area contributed by atoms with Crippen molar-refractivity contribution in [3.8, 4) is 0 Å². The number of nitrogens with one attached hydrogen (secondary N) is 1. The number of esters is 1. The number of ketones is 1. The van der Waals surface area contributed by atoms with E-state index >= 15 is 0 Å². The molecule has 0 saturated heterocycles. The number of thioether (sulfide) groups is 1. The molecule has 1 N–H and O–H groups in total. The number of hydrogen-bond donors (Lipinski definition) is 1. The van der Waals surface area contributed by atoms with Gasteiger partial charge in [-0.3, -0.25) is 14.4 Å². The van der Waals surface area contributed by atoms with E-state index in [-0.39, 0.29) is 18.0 Å². The molecule has 0 radical (unpaired) electrons. The molecule has 0 aromatic carbocycles. The molecule has 86 valence electrons. The molecule has 1 amide bonds. The molecule has 0 aromatic heterocycles. The van der Waals surface area contributed by atoms with Crippen molar-refractivity contribution in [3.05, 3.63) is 0 Å². The Kier molecular flexibility index (Phi) is 8.85. The third-order valence-corrected chi connectivity index (χ3v) is 2.40. The molecule has 0 bridgehead atoms. The van der Waals surface area contributed by atoms with Gasteiger partial charge in [-0.1, -0.05) is 0 Å². The van der Waals surface area contributed by atoms with E-state index in [0.717, 1.165) is 0 Å². The van der Waals surface area contributed by atoms with Crippen molar-refractivity contribution in [2.75, 3.05) is 24.7 Å². The van der Waals surface area contributed by atoms with Crippen molar-refractivity contribution in [1.29, 1.82) is 0 Å². The predicted octanol–water partition coefficient (Wildman–Crippen LogP) is -0.0121. The first-order valence-corrected chi connectivity index (χ1v) is 5.78. The summed E-state index contributed by atoms with van der Waals surface area (Å²) in [5.74, 6) is 0.311. The van der Waals surface area contributed by atoms with Crippen molar-refractivity contribution < 1.29 is 19.1 Å². The number of carbonyl (C=O) groups is 3. The molecule has 0 spiro atoms. The lowest BCUT2D eigenvalue weighted by atomic mass is 10.3. The van der Waals surface area contributed by atoms with E-state index in [0.29, 0.717) is 25.3 Å². The van der Waals surface area contributed by atoms with E-state index in [2.05, 4.69) is 10.1 Å². The predicted molar refractivity (Wildman–Crippen MR) is 57.6 cm³/mol. The first-order chi connectivity index (χ1) is 7.20. The normalized spacial score (nSPS) is 9.40. The van der Waals surface area contributed by atoms with E-state index in [1.54, 1.807) is 6.92 Å². The molecule has 5 nitrogen and oxygen atoms in total. The molecule has 0 saturated carbocycles. The Morgan fingerprint density at radius 2 is 2.20 bits per heavy atom. The molecule has 0 rings (SSSR count). The number of rotatable bonds is 9. The van der Waals surface area contributed by atoms with Gasteiger partial charge in [0.05, 0.1) is 12.4 Å². The monoisotopic (exact) mass is 233 g/mol. The second-order valence-corrected chi connectivity index (χ2v) is 3.75. The Morgan fingerprint density at radius 1 is 1.47 bits per heavy atom. The zero-order chi connectivity index (χ0) is 11.5. The second kappa shape index (κ2) is 9.51. The van der Waals surface area contributed by atoms with Crippen LogP contribution in [0.1, 0.15) is 13.3 Å². The average molecular weight is 233 g/mol. The fourth-order valence-electron chi connectivity index (χ4n) is 0.800. The van der Waals surface area contributed by atoms with Gasteiger partial charge >= 0.3 is 5.97 Å². The molecule has 0 aliphatic heterocycles. The summed E-state index contributed by atoms with van der Waals surface area (Å²) in [6.07, 6.45) is 0.447. The Morgan fingerprint density at radius 3 is 2.80 bits per heavy atom. The maximum Gasteiger partial charge on any atom is 0.313 e. The molecular weight excluding hydrogens is 218 g/mol. The van der Waals surface area contributed by atoms with Crippen molar-refractivity contribution >= 4 is 29.9 Å². The molecule has 0 aliphatic rings. The summed E-state index contributed by atoms with van der Waals surface area (Å²) >= 11 is 1.38. The minimum atomic E-state index is -0.478. The standard InChI is InChI=1S/C9H15NO4S/c1-2-14-9(13)5-8(12)6-15-4-3-10-7-11/h7H,2-6H2,1H3,(H,10,11). The Bertz CT molecular complexity index is 220. The zero-order valence-corrected chi connectivity index (χ0v) is 9.47. The van der Waals surface area contributed by atoms with Crippen LogP contribution >= 0.6 is 11.8 Å². The molecule has 15 heavy (non-hydrogen) atoms. The van der Waals surface area contributed by atoms with Gasteiger partial charge in [0, 0.05) is 12.3 Å². The van der Waals surface area contributed by atoms with Gasteiger partial charge in [0.25, 0.3) is 0 Å². The van der Waals surface area contributed by atoms with Gasteiger partial charge in [-0.15, -0.1) is 0 Å². The van der Waals surface area contributed by atoms with E-state index in [4.69, 9.17) is 0 Å². The van der Waals surface area contributed by atoms with Gasteiger partial charge in [0.1, 0.15) is 6.42 Å². The molecule has 0 atom stereocenters. The highest BCUT2D eigenvalue weighted by Gasteiger charge is 2.09. The minimum absolute atomic E-state index is 0.149. The van der Waals surface area contributed by atoms with Crippen LogP contribution in [0.5, 0.6) is 0 Å². The largest absolute Gasteiger partial charge is 0.466 e. The highest BCUT2D eigenvalue weighted by Crippen LogP contribution is 2.01. The summed E-state index contributed by atoms with van der Waals surface area (Å²) in [6, 6.07) is 0. The minimum Gasteiger partial charge on any atom is -0.466 e. The Hall–Kier alpha value is -1.04. The van der Waals surface area contributed by atoms with Crippen LogP contribution in [-0.4, -0.2) is 42.8 Å². The summed E-state index contributed by atoms with van der Waals surface area (Å²) < 4.78 is 4.63. The van der Waals surface area contributed by atoms with E-state index in [9.17, 15) is 14.4 Å². The molecule has 6 heteroatoms. The average Bonchev–Trinajstić information content (AvgIpc) is 2.17. The fourth-order valence-corrected chi connectivity index (χ4v) is 1.54. The van der Waals surface area contributed by atoms with Crippen molar-refractivity contribution in [3.63, 3.8) is 0 Å². The summed E-state index contributed by atoms with van der Waals surface area (Å²) in [6.45, 7) is 2.52. The van der Waals surface area contributed by atoms with Gasteiger partial charge in [-0.2, -0.15) is 11.8 Å². The Labute approximate surface area is 92.9 Å². The van der Waals surface area contributed by atoms with Crippen LogP contribution in [0.4, 0.5) is 0 Å². The number of amides is 1. The van der Waals surface area contributed by atoms with Crippen LogP contribution < -0.4 is 5.32 Å². The third-order valence-electron chi connectivity index (χ3n) is 1.38. The number of hydrogen-bond acceptors (Lipinski definition) is 5. The maximum atomic E-state index is 11.1. The summed E-state index contributed by atoms with van der Waals surface area (Å²) in [4.78, 5) is 31.9. The SMILES string of the molecule is CCOC(=O)CC(=O)CSCCNC=O. The van der Waals surface area contributed by atoms with Crippen LogP contribution in [0.15, 0.2) is 0 Å². The lowest BCUT2D eigenvalue weighted by Gasteiger charge is -2.01. The number of carbonyl (C=O) groups excluding carboxylic acids is 3. The van der Waals surface area contributed by atoms with Crippen LogP contribution in [0.25, 0.3) is 0 Å². The zero-order valence-electron chi connectivity index (χ0n) is 8.65. The molecule has 0 fully saturated rings. The van der Waals surface area contributed by atoms with Gasteiger partial charge in [0.2, 0.25) is 6.41 Å². The summed E-state index contributed by atoms with van der Waals surface area (Å²) in [7, 11) is 0. The molecule has 0 heterocycles. The number of Topliss-reactive ketones (excluding diaryl/α,β-unsaturated/α-hetero) is 1. The van der Waals surface area contributed by atoms with Crippen LogP contribution in [0, 0.1) is 0 Å². The van der Waals surface area contributed by atoms with Crippen LogP contribution in [0.2, 0.25) is 0 Å². The summed E-state index contributed by atoms with van der Waals surface area (Å²) in [5, 5.41) is 2.48. The smallest absolute Gasteiger partial charge is 0.313 e. The molecular formula is C9H15NO4S. The molecule has 0 aliphatic carbocycles. The van der Waals surface area contributed by atoms with Gasteiger partial charge in [0.15, 0.2) is 5.78 Å². The molecule has 0 unspecified atom stereocenters. The van der Waals surface area contributed by atoms with Crippen LogP contribution in [0.3, 0.4) is 0 Å². The lowest BCUT2D eigenvalue weighted by molar-refractivity contribution is -0.145. The van der Waals surface area contributed by atoms with E-state index in [1.165, 1.54) is 11.8 Å². The van der Waals surface area contributed by atoms with E-state index in [1.807, 2.05) is 0 Å². The van der Waals surface area contributed by atoms with Gasteiger partial charge in [-0.05, 0) is 6.92 Å². The maximum absolute atomic E-state index is 11.1. The summed E-state index contributed by atoms with van der Waals surface area (Å²) in [5.41, 5.74) is 0. The van der Waals surface area contributed by atoms with Crippen molar-refractivity contribution in [2.45, 2.75) is 13.3 Å². The first-order valence-electron chi connectivity index (χ1n) is 4.62. The van der Waals surface area contributed by atoms with Crippen molar-refractivity contribution in [1.82, 2.24) is 5.32 Å². The van der Waals surface area contributed by atoms with Gasteiger partial charge in [-0.25, -0.2) is 0 Å². The third kappa shape index (κ3) is 9.27.